The van der Waals surface area contributed by atoms with E-state index in [1.165, 1.54) is 0 Å². The van der Waals surface area contributed by atoms with E-state index < -0.39 is 0 Å². The van der Waals surface area contributed by atoms with Crippen LogP contribution in [0.15, 0.2) is 53.1 Å². The minimum atomic E-state index is -0.335. The van der Waals surface area contributed by atoms with Crippen molar-refractivity contribution in [3.8, 4) is 0 Å². The topological polar surface area (TPSA) is 99.8 Å². The van der Waals surface area contributed by atoms with Gasteiger partial charge in [-0.2, -0.15) is 5.10 Å². The maximum absolute atomic E-state index is 12.4. The summed E-state index contributed by atoms with van der Waals surface area (Å²) in [5.74, 6) is 0.256. The van der Waals surface area contributed by atoms with Crippen molar-refractivity contribution in [2.45, 2.75) is 20.3 Å². The molecule has 2 heterocycles. The minimum absolute atomic E-state index is 0.310. The van der Waals surface area contributed by atoms with Crippen molar-refractivity contribution in [3.05, 3.63) is 70.1 Å². The number of anilines is 2. The summed E-state index contributed by atoms with van der Waals surface area (Å²) in [5.41, 5.74) is 2.14. The second kappa shape index (κ2) is 8.79. The fourth-order valence-corrected chi connectivity index (χ4v) is 2.83. The van der Waals surface area contributed by atoms with Gasteiger partial charge < -0.3 is 10.6 Å². The molecule has 0 aliphatic rings. The largest absolute Gasteiger partial charge is 0.321 e. The van der Waals surface area contributed by atoms with Gasteiger partial charge in [0.1, 0.15) is 5.82 Å². The summed E-state index contributed by atoms with van der Waals surface area (Å²) in [6.45, 7) is 4.20. The summed E-state index contributed by atoms with van der Waals surface area (Å²) in [6, 6.07) is 11.9. The molecule has 2 amide bonds. The molecular formula is C20H20BrN5O2. The van der Waals surface area contributed by atoms with Crippen molar-refractivity contribution in [3.63, 3.8) is 0 Å². The first kappa shape index (κ1) is 19.8. The molecule has 0 fully saturated rings. The van der Waals surface area contributed by atoms with E-state index in [1.807, 2.05) is 0 Å². The van der Waals surface area contributed by atoms with Crippen molar-refractivity contribution in [1.29, 1.82) is 0 Å². The van der Waals surface area contributed by atoms with Gasteiger partial charge in [-0.15, -0.1) is 0 Å². The number of benzene rings is 1. The molecule has 144 valence electrons. The lowest BCUT2D eigenvalue weighted by Crippen LogP contribution is -2.15. The zero-order valence-electron chi connectivity index (χ0n) is 15.5. The second-order valence-corrected chi connectivity index (χ2v) is 7.64. The number of hydrogen-bond donors (Lipinski definition) is 3. The normalized spacial score (nSPS) is 10.7. The summed E-state index contributed by atoms with van der Waals surface area (Å²) in [5, 5.41) is 12.4. The fraction of sp³-hybridized carbons (Fsp3) is 0.200. The number of nitrogens with one attached hydrogen (secondary N) is 3. The van der Waals surface area contributed by atoms with Crippen LogP contribution in [-0.4, -0.2) is 27.0 Å². The number of nitrogens with zero attached hydrogens (tertiary/aromatic N) is 2. The SMILES string of the molecule is CC(C)Cc1cc(C(=O)Nc2cccc(C(=O)Nc3ccc(Br)cn3)c2)n[nH]1. The smallest absolute Gasteiger partial charge is 0.276 e. The van der Waals surface area contributed by atoms with Gasteiger partial charge >= 0.3 is 0 Å². The number of aromatic nitrogens is 3. The van der Waals surface area contributed by atoms with E-state index in [0.29, 0.717) is 28.7 Å². The number of aromatic amines is 1. The first-order valence-corrected chi connectivity index (χ1v) is 9.58. The molecule has 0 saturated carbocycles. The molecule has 8 heteroatoms. The zero-order valence-corrected chi connectivity index (χ0v) is 17.1. The van der Waals surface area contributed by atoms with Crippen LogP contribution in [0.3, 0.4) is 0 Å². The van der Waals surface area contributed by atoms with E-state index >= 15 is 0 Å². The van der Waals surface area contributed by atoms with Gasteiger partial charge in [-0.05, 0) is 64.7 Å². The first-order valence-electron chi connectivity index (χ1n) is 8.79. The Labute approximate surface area is 171 Å². The summed E-state index contributed by atoms with van der Waals surface area (Å²) in [4.78, 5) is 28.9. The summed E-state index contributed by atoms with van der Waals surface area (Å²) < 4.78 is 0.824. The van der Waals surface area contributed by atoms with Gasteiger partial charge in [0.25, 0.3) is 11.8 Å². The molecule has 0 aliphatic carbocycles. The van der Waals surface area contributed by atoms with Crippen LogP contribution in [0, 0.1) is 5.92 Å². The van der Waals surface area contributed by atoms with Crippen molar-refractivity contribution < 1.29 is 9.59 Å². The van der Waals surface area contributed by atoms with Gasteiger partial charge in [0.05, 0.1) is 0 Å². The van der Waals surface area contributed by atoms with Crippen LogP contribution in [0.5, 0.6) is 0 Å². The van der Waals surface area contributed by atoms with Crippen molar-refractivity contribution in [2.24, 2.45) is 5.92 Å². The van der Waals surface area contributed by atoms with Gasteiger partial charge in [0, 0.05) is 27.6 Å². The highest BCUT2D eigenvalue weighted by Crippen LogP contribution is 2.15. The highest BCUT2D eigenvalue weighted by atomic mass is 79.9. The number of pyridine rings is 1. The van der Waals surface area contributed by atoms with Crippen LogP contribution < -0.4 is 10.6 Å². The predicted octanol–water partition coefficient (Wildman–Crippen LogP) is 4.27. The van der Waals surface area contributed by atoms with E-state index in [9.17, 15) is 9.59 Å². The highest BCUT2D eigenvalue weighted by Gasteiger charge is 2.13. The quantitative estimate of drug-likeness (QED) is 0.531. The summed E-state index contributed by atoms with van der Waals surface area (Å²) >= 11 is 3.30. The monoisotopic (exact) mass is 441 g/mol. The van der Waals surface area contributed by atoms with Gasteiger partial charge in [-0.1, -0.05) is 19.9 Å². The molecule has 3 aromatic rings. The lowest BCUT2D eigenvalue weighted by atomic mass is 10.1. The number of H-pyrrole nitrogens is 1. The Morgan fingerprint density at radius 1 is 1.11 bits per heavy atom. The molecule has 0 radical (unpaired) electrons. The lowest BCUT2D eigenvalue weighted by molar-refractivity contribution is 0.101. The maximum atomic E-state index is 12.4. The third-order valence-corrected chi connectivity index (χ3v) is 4.31. The average molecular weight is 442 g/mol. The van der Waals surface area contributed by atoms with Crippen LogP contribution in [0.25, 0.3) is 0 Å². The Morgan fingerprint density at radius 3 is 2.64 bits per heavy atom. The second-order valence-electron chi connectivity index (χ2n) is 6.73. The fourth-order valence-electron chi connectivity index (χ4n) is 2.59. The molecule has 3 rings (SSSR count). The summed E-state index contributed by atoms with van der Waals surface area (Å²) in [6.07, 6.45) is 2.42. The molecule has 28 heavy (non-hydrogen) atoms. The molecule has 0 aliphatic heterocycles. The van der Waals surface area contributed by atoms with E-state index in [0.717, 1.165) is 16.6 Å². The number of amides is 2. The third kappa shape index (κ3) is 5.26. The summed E-state index contributed by atoms with van der Waals surface area (Å²) in [7, 11) is 0. The van der Waals surface area contributed by atoms with Crippen LogP contribution in [0.2, 0.25) is 0 Å². The molecule has 0 atom stereocenters. The molecule has 0 spiro atoms. The molecular weight excluding hydrogens is 422 g/mol. The van der Waals surface area contributed by atoms with Gasteiger partial charge in [0.15, 0.2) is 5.69 Å². The van der Waals surface area contributed by atoms with Crippen LogP contribution in [0.1, 0.15) is 40.4 Å². The number of rotatable bonds is 6. The van der Waals surface area contributed by atoms with Crippen LogP contribution in [-0.2, 0) is 6.42 Å². The molecule has 3 N–H and O–H groups in total. The molecule has 0 unspecified atom stereocenters. The van der Waals surface area contributed by atoms with E-state index in [1.54, 1.807) is 48.7 Å². The molecule has 1 aromatic carbocycles. The zero-order chi connectivity index (χ0) is 20.1. The van der Waals surface area contributed by atoms with Crippen LogP contribution >= 0.6 is 15.9 Å². The average Bonchev–Trinajstić information content (AvgIpc) is 3.12. The Bertz CT molecular complexity index is 982. The predicted molar refractivity (Wildman–Crippen MR) is 111 cm³/mol. The Kier molecular flexibility index (Phi) is 6.20. The van der Waals surface area contributed by atoms with Crippen molar-refractivity contribution in [1.82, 2.24) is 15.2 Å². The third-order valence-electron chi connectivity index (χ3n) is 3.84. The lowest BCUT2D eigenvalue weighted by Gasteiger charge is -2.07. The van der Waals surface area contributed by atoms with Gasteiger partial charge in [-0.25, -0.2) is 4.98 Å². The van der Waals surface area contributed by atoms with E-state index in [4.69, 9.17) is 0 Å². The Morgan fingerprint density at radius 2 is 1.93 bits per heavy atom. The first-order chi connectivity index (χ1) is 13.4. The van der Waals surface area contributed by atoms with E-state index in [-0.39, 0.29) is 11.8 Å². The highest BCUT2D eigenvalue weighted by molar-refractivity contribution is 9.10. The minimum Gasteiger partial charge on any atom is -0.321 e. The van der Waals surface area contributed by atoms with Crippen molar-refractivity contribution >= 4 is 39.2 Å². The molecule has 2 aromatic heterocycles. The Balaban J connectivity index is 1.67. The van der Waals surface area contributed by atoms with Gasteiger partial charge in [0.2, 0.25) is 0 Å². The number of carbonyl (C=O) groups is 2. The number of carbonyl (C=O) groups excluding carboxylic acids is 2. The molecule has 7 nitrogen and oxygen atoms in total. The maximum Gasteiger partial charge on any atom is 0.276 e. The number of hydrogen-bond acceptors (Lipinski definition) is 4. The number of halogens is 1. The molecule has 0 bridgehead atoms. The van der Waals surface area contributed by atoms with Crippen molar-refractivity contribution in [2.75, 3.05) is 10.6 Å². The van der Waals surface area contributed by atoms with Gasteiger partial charge in [-0.3, -0.25) is 14.7 Å². The molecule has 0 saturated heterocycles. The standard InChI is InChI=1S/C20H20BrN5O2/c1-12(2)8-16-10-17(26-25-16)20(28)23-15-5-3-4-13(9-15)19(27)24-18-7-6-14(21)11-22-18/h3-7,9-12H,8H2,1-2H3,(H,23,28)(H,25,26)(H,22,24,27). The Hall–Kier alpha value is -3.00. The van der Waals surface area contributed by atoms with E-state index in [2.05, 4.69) is 55.6 Å². The van der Waals surface area contributed by atoms with Crippen LogP contribution in [0.4, 0.5) is 11.5 Å².